The van der Waals surface area contributed by atoms with E-state index in [0.717, 1.165) is 37.1 Å². The van der Waals surface area contributed by atoms with Crippen molar-refractivity contribution < 1.29 is 9.18 Å². The highest BCUT2D eigenvalue weighted by molar-refractivity contribution is 7.20. The highest BCUT2D eigenvalue weighted by Crippen LogP contribution is 2.38. The monoisotopic (exact) mass is 291 g/mol. The predicted octanol–water partition coefficient (Wildman–Crippen LogP) is 4.00. The largest absolute Gasteiger partial charge is 0.316 e. The minimum Gasteiger partial charge on any atom is -0.316 e. The zero-order chi connectivity index (χ0) is 14.2. The van der Waals surface area contributed by atoms with Crippen LogP contribution in [0.4, 0.5) is 4.39 Å². The highest BCUT2D eigenvalue weighted by atomic mass is 32.1. The van der Waals surface area contributed by atoms with Crippen LogP contribution in [-0.2, 0) is 0 Å². The summed E-state index contributed by atoms with van der Waals surface area (Å²) in [6.45, 7) is 3.75. The van der Waals surface area contributed by atoms with Gasteiger partial charge in [0.15, 0.2) is 5.78 Å². The van der Waals surface area contributed by atoms with Crippen LogP contribution < -0.4 is 5.32 Å². The van der Waals surface area contributed by atoms with Crippen LogP contribution in [0.3, 0.4) is 0 Å². The second-order valence-electron chi connectivity index (χ2n) is 5.55. The van der Waals surface area contributed by atoms with Gasteiger partial charge in [0.25, 0.3) is 0 Å². The number of ketones is 1. The molecule has 1 fully saturated rings. The fourth-order valence-corrected chi connectivity index (χ4v) is 4.28. The van der Waals surface area contributed by atoms with Gasteiger partial charge >= 0.3 is 0 Å². The lowest BCUT2D eigenvalue weighted by Gasteiger charge is -2.25. The third kappa shape index (κ3) is 2.17. The Morgan fingerprint density at radius 2 is 2.35 bits per heavy atom. The molecule has 0 aliphatic carbocycles. The molecule has 2 nitrogen and oxygen atoms in total. The minimum absolute atomic E-state index is 0.185. The van der Waals surface area contributed by atoms with Crippen molar-refractivity contribution in [1.29, 1.82) is 0 Å². The maximum absolute atomic E-state index is 13.8. The second kappa shape index (κ2) is 5.26. The summed E-state index contributed by atoms with van der Waals surface area (Å²) in [4.78, 5) is 13.6. The average molecular weight is 291 g/mol. The molecule has 1 N–H and O–H groups in total. The van der Waals surface area contributed by atoms with Gasteiger partial charge < -0.3 is 5.32 Å². The molecule has 2 aromatic rings. The Bertz CT molecular complexity index is 643. The van der Waals surface area contributed by atoms with Gasteiger partial charge in [-0.3, -0.25) is 4.79 Å². The summed E-state index contributed by atoms with van der Waals surface area (Å²) in [5.74, 6) is -0.0585. The molecule has 106 valence electrons. The second-order valence-corrected chi connectivity index (χ2v) is 6.63. The van der Waals surface area contributed by atoms with E-state index in [9.17, 15) is 9.18 Å². The summed E-state index contributed by atoms with van der Waals surface area (Å²) in [5.41, 5.74) is -0.286. The fourth-order valence-electron chi connectivity index (χ4n) is 3.14. The van der Waals surface area contributed by atoms with Crippen LogP contribution in [-0.4, -0.2) is 18.9 Å². The van der Waals surface area contributed by atoms with Crippen molar-refractivity contribution in [2.24, 2.45) is 5.41 Å². The number of Topliss-reactive ketones (excluding diaryl/α,β-unsaturated/α-hetero) is 1. The Labute approximate surface area is 122 Å². The molecular formula is C16H18FNOS. The van der Waals surface area contributed by atoms with E-state index in [0.29, 0.717) is 10.3 Å². The summed E-state index contributed by atoms with van der Waals surface area (Å²) < 4.78 is 14.6. The molecule has 0 bridgehead atoms. The van der Waals surface area contributed by atoms with E-state index < -0.39 is 0 Å². The molecular weight excluding hydrogens is 273 g/mol. The number of benzene rings is 1. The summed E-state index contributed by atoms with van der Waals surface area (Å²) in [6.07, 6.45) is 2.78. The van der Waals surface area contributed by atoms with Crippen molar-refractivity contribution in [3.8, 4) is 0 Å². The maximum Gasteiger partial charge on any atom is 0.180 e. The number of nitrogens with one attached hydrogen (secondary N) is 1. The summed E-state index contributed by atoms with van der Waals surface area (Å²) >= 11 is 1.41. The van der Waals surface area contributed by atoms with Crippen molar-refractivity contribution in [1.82, 2.24) is 5.32 Å². The van der Waals surface area contributed by atoms with Crippen molar-refractivity contribution >= 4 is 27.2 Å². The molecule has 1 aliphatic rings. The van der Waals surface area contributed by atoms with Gasteiger partial charge in [-0.05, 0) is 37.6 Å². The van der Waals surface area contributed by atoms with Crippen LogP contribution in [0.15, 0.2) is 24.3 Å². The first kappa shape index (κ1) is 13.7. The third-order valence-electron chi connectivity index (χ3n) is 4.19. The van der Waals surface area contributed by atoms with Gasteiger partial charge in [-0.2, -0.15) is 0 Å². The molecule has 1 saturated heterocycles. The molecule has 0 amide bonds. The smallest absolute Gasteiger partial charge is 0.180 e. The maximum atomic E-state index is 13.8. The normalized spacial score (nSPS) is 22.5. The van der Waals surface area contributed by atoms with Crippen LogP contribution in [0, 0.1) is 11.2 Å². The van der Waals surface area contributed by atoms with Crippen LogP contribution in [0.2, 0.25) is 0 Å². The van der Waals surface area contributed by atoms with Crippen LogP contribution in [0.25, 0.3) is 10.1 Å². The van der Waals surface area contributed by atoms with E-state index in [1.807, 2.05) is 6.07 Å². The SMILES string of the molecule is CCCC1(C(=O)c2cc3c(F)cccc3s2)CCNC1. The van der Waals surface area contributed by atoms with Crippen molar-refractivity contribution in [3.63, 3.8) is 0 Å². The Morgan fingerprint density at radius 3 is 3.00 bits per heavy atom. The number of carbonyl (C=O) groups is 1. The number of carbonyl (C=O) groups excluding carboxylic acids is 1. The standard InChI is InChI=1S/C16H18FNOS/c1-2-6-16(7-8-18-10-16)15(19)14-9-11-12(17)4-3-5-13(11)20-14/h3-5,9,18H,2,6-8,10H2,1H3. The Kier molecular flexibility index (Phi) is 3.61. The lowest BCUT2D eigenvalue weighted by Crippen LogP contribution is -2.33. The predicted molar refractivity (Wildman–Crippen MR) is 80.9 cm³/mol. The van der Waals surface area contributed by atoms with Gasteiger partial charge in [-0.1, -0.05) is 19.4 Å². The zero-order valence-electron chi connectivity index (χ0n) is 11.5. The first-order chi connectivity index (χ1) is 9.66. The topological polar surface area (TPSA) is 29.1 Å². The lowest BCUT2D eigenvalue weighted by molar-refractivity contribution is 0.0806. The van der Waals surface area contributed by atoms with Crippen LogP contribution >= 0.6 is 11.3 Å². The quantitative estimate of drug-likeness (QED) is 0.863. The van der Waals surface area contributed by atoms with Gasteiger partial charge in [0.05, 0.1) is 4.88 Å². The highest BCUT2D eigenvalue weighted by Gasteiger charge is 2.41. The molecule has 0 spiro atoms. The number of hydrogen-bond donors (Lipinski definition) is 1. The molecule has 1 aromatic carbocycles. The number of halogens is 1. The van der Waals surface area contributed by atoms with Gasteiger partial charge in [0.1, 0.15) is 5.82 Å². The Balaban J connectivity index is 2.01. The van der Waals surface area contributed by atoms with E-state index in [4.69, 9.17) is 0 Å². The molecule has 1 aliphatic heterocycles. The van der Waals surface area contributed by atoms with Gasteiger partial charge in [0, 0.05) is 22.0 Å². The molecule has 1 atom stereocenters. The third-order valence-corrected chi connectivity index (χ3v) is 5.29. The zero-order valence-corrected chi connectivity index (χ0v) is 12.4. The molecule has 20 heavy (non-hydrogen) atoms. The van der Waals surface area contributed by atoms with E-state index >= 15 is 0 Å². The van der Waals surface area contributed by atoms with Crippen molar-refractivity contribution in [2.45, 2.75) is 26.2 Å². The molecule has 4 heteroatoms. The number of thiophene rings is 1. The molecule has 1 aromatic heterocycles. The number of rotatable bonds is 4. The Morgan fingerprint density at radius 1 is 1.50 bits per heavy atom. The molecule has 0 saturated carbocycles. The van der Waals surface area contributed by atoms with E-state index in [1.165, 1.54) is 17.4 Å². The van der Waals surface area contributed by atoms with Gasteiger partial charge in [-0.25, -0.2) is 4.39 Å². The van der Waals surface area contributed by atoms with Crippen molar-refractivity contribution in [2.75, 3.05) is 13.1 Å². The lowest BCUT2D eigenvalue weighted by atomic mass is 9.78. The van der Waals surface area contributed by atoms with Gasteiger partial charge in [-0.15, -0.1) is 11.3 Å². The minimum atomic E-state index is -0.286. The number of hydrogen-bond acceptors (Lipinski definition) is 3. The first-order valence-corrected chi connectivity index (χ1v) is 7.91. The average Bonchev–Trinajstić information content (AvgIpc) is 3.06. The van der Waals surface area contributed by atoms with Crippen LogP contribution in [0.1, 0.15) is 35.9 Å². The van der Waals surface area contributed by atoms with Crippen LogP contribution in [0.5, 0.6) is 0 Å². The fraction of sp³-hybridized carbons (Fsp3) is 0.438. The first-order valence-electron chi connectivity index (χ1n) is 7.10. The molecule has 3 rings (SSSR count). The van der Waals surface area contributed by atoms with Crippen molar-refractivity contribution in [3.05, 3.63) is 35.0 Å². The molecule has 2 heterocycles. The number of fused-ring (bicyclic) bond motifs is 1. The van der Waals surface area contributed by atoms with E-state index in [-0.39, 0.29) is 17.0 Å². The van der Waals surface area contributed by atoms with E-state index in [2.05, 4.69) is 12.2 Å². The summed E-state index contributed by atoms with van der Waals surface area (Å²) in [7, 11) is 0. The molecule has 1 unspecified atom stereocenters. The van der Waals surface area contributed by atoms with E-state index in [1.54, 1.807) is 12.1 Å². The summed E-state index contributed by atoms with van der Waals surface area (Å²) in [5, 5.41) is 3.87. The summed E-state index contributed by atoms with van der Waals surface area (Å²) in [6, 6.07) is 6.75. The van der Waals surface area contributed by atoms with Gasteiger partial charge in [0.2, 0.25) is 0 Å². The molecule has 0 radical (unpaired) electrons. The Hall–Kier alpha value is -1.26.